The molecule has 2 unspecified atom stereocenters. The fourth-order valence-electron chi connectivity index (χ4n) is 3.15. The van der Waals surface area contributed by atoms with Crippen LogP contribution >= 0.6 is 11.8 Å². The van der Waals surface area contributed by atoms with Gasteiger partial charge in [0.1, 0.15) is 12.1 Å². The van der Waals surface area contributed by atoms with Crippen molar-refractivity contribution >= 4 is 41.4 Å². The Hall–Kier alpha value is -2.30. The van der Waals surface area contributed by atoms with Crippen LogP contribution in [0.15, 0.2) is 0 Å². The zero-order valence-electron chi connectivity index (χ0n) is 21.8. The maximum atomic E-state index is 12.7. The Bertz CT molecular complexity index is 674. The van der Waals surface area contributed by atoms with Crippen LogP contribution in [0.1, 0.15) is 72.1 Å². The first-order chi connectivity index (χ1) is 16.7. The number of carbonyl (C=O) groups is 5. The number of esters is 2. The summed E-state index contributed by atoms with van der Waals surface area (Å²) in [6.45, 7) is 5.31. The summed E-state index contributed by atoms with van der Waals surface area (Å²) >= 11 is 1.15. The van der Waals surface area contributed by atoms with E-state index in [9.17, 15) is 24.0 Å². The minimum Gasteiger partial charge on any atom is -0.468 e. The third-order valence-electron chi connectivity index (χ3n) is 5.25. The molecular weight excluding hydrogens is 474 g/mol. The number of ether oxygens (including phenoxy) is 2. The zero-order chi connectivity index (χ0) is 26.6. The van der Waals surface area contributed by atoms with E-state index in [-0.39, 0.29) is 29.9 Å². The fourth-order valence-corrected chi connectivity index (χ4v) is 4.02. The number of unbranched alkanes of at least 4 members (excludes halogenated alkanes) is 6. The molecular formula is C24H43N3O7S. The molecule has 0 heterocycles. The van der Waals surface area contributed by atoms with Crippen molar-refractivity contribution in [2.24, 2.45) is 5.92 Å². The quantitative estimate of drug-likeness (QED) is 0.174. The number of amides is 3. The van der Waals surface area contributed by atoms with Gasteiger partial charge in [-0.3, -0.25) is 19.2 Å². The molecule has 0 aromatic carbocycles. The zero-order valence-corrected chi connectivity index (χ0v) is 22.6. The molecule has 0 saturated heterocycles. The molecule has 0 aliphatic rings. The molecule has 2 atom stereocenters. The van der Waals surface area contributed by atoms with Gasteiger partial charge in [0.2, 0.25) is 17.7 Å². The molecule has 0 bridgehead atoms. The predicted octanol–water partition coefficient (Wildman–Crippen LogP) is 1.95. The molecule has 0 fully saturated rings. The second-order valence-corrected chi connectivity index (χ2v) is 9.64. The van der Waals surface area contributed by atoms with Crippen molar-refractivity contribution in [2.75, 3.05) is 32.3 Å². The highest BCUT2D eigenvalue weighted by atomic mass is 32.2. The number of rotatable bonds is 19. The summed E-state index contributed by atoms with van der Waals surface area (Å²) in [5.41, 5.74) is 0. The second kappa shape index (κ2) is 19.9. The number of methoxy groups -OCH3 is 2. The summed E-state index contributed by atoms with van der Waals surface area (Å²) in [4.78, 5) is 60.5. The van der Waals surface area contributed by atoms with Gasteiger partial charge >= 0.3 is 11.9 Å². The third kappa shape index (κ3) is 16.1. The standard InChI is InChI=1S/C24H43N3O7S/c1-6-7-8-9-10-11-12-13-19(28)26-18(15-35-16-21(30)33-4)23(31)25-14-20(29)27-22(17(2)3)24(32)34-5/h17-18,22H,6-16H2,1-5H3,(H,25,31)(H,26,28)(H,27,29). The molecule has 202 valence electrons. The largest absolute Gasteiger partial charge is 0.468 e. The van der Waals surface area contributed by atoms with E-state index in [0.717, 1.165) is 37.4 Å². The van der Waals surface area contributed by atoms with Crippen molar-refractivity contribution in [3.8, 4) is 0 Å². The normalized spacial score (nSPS) is 12.4. The van der Waals surface area contributed by atoms with Crippen molar-refractivity contribution in [3.63, 3.8) is 0 Å². The van der Waals surface area contributed by atoms with Crippen LogP contribution in [0.2, 0.25) is 0 Å². The van der Waals surface area contributed by atoms with Crippen molar-refractivity contribution < 1.29 is 33.4 Å². The predicted molar refractivity (Wildman–Crippen MR) is 136 cm³/mol. The summed E-state index contributed by atoms with van der Waals surface area (Å²) in [6, 6.07) is -1.76. The van der Waals surface area contributed by atoms with Gasteiger partial charge < -0.3 is 25.4 Å². The van der Waals surface area contributed by atoms with Crippen LogP contribution in [0.3, 0.4) is 0 Å². The van der Waals surface area contributed by atoms with Gasteiger partial charge in [0.25, 0.3) is 0 Å². The average molecular weight is 518 g/mol. The van der Waals surface area contributed by atoms with Crippen LogP contribution in [0, 0.1) is 5.92 Å². The summed E-state index contributed by atoms with van der Waals surface area (Å²) in [6.07, 6.45) is 7.81. The topological polar surface area (TPSA) is 140 Å². The van der Waals surface area contributed by atoms with Crippen LogP contribution in [0.4, 0.5) is 0 Å². The average Bonchev–Trinajstić information content (AvgIpc) is 2.83. The van der Waals surface area contributed by atoms with Gasteiger partial charge in [0, 0.05) is 12.2 Å². The lowest BCUT2D eigenvalue weighted by atomic mass is 10.0. The van der Waals surface area contributed by atoms with Gasteiger partial charge in [0.15, 0.2) is 0 Å². The Balaban J connectivity index is 4.75. The number of thioether (sulfide) groups is 1. The molecule has 0 saturated carbocycles. The molecule has 11 heteroatoms. The lowest BCUT2D eigenvalue weighted by Gasteiger charge is -2.21. The van der Waals surface area contributed by atoms with Crippen molar-refractivity contribution in [1.82, 2.24) is 16.0 Å². The molecule has 10 nitrogen and oxygen atoms in total. The van der Waals surface area contributed by atoms with Crippen LogP contribution in [0.5, 0.6) is 0 Å². The highest BCUT2D eigenvalue weighted by Crippen LogP contribution is 2.09. The molecule has 0 rings (SSSR count). The summed E-state index contributed by atoms with van der Waals surface area (Å²) in [5, 5.41) is 7.73. The van der Waals surface area contributed by atoms with Gasteiger partial charge in [-0.15, -0.1) is 11.8 Å². The Kier molecular flexibility index (Phi) is 18.6. The maximum absolute atomic E-state index is 12.7. The number of hydrogen-bond donors (Lipinski definition) is 3. The molecule has 0 radical (unpaired) electrons. The summed E-state index contributed by atoms with van der Waals surface area (Å²) < 4.78 is 9.29. The van der Waals surface area contributed by atoms with Crippen molar-refractivity contribution in [1.29, 1.82) is 0 Å². The Morgan fingerprint density at radius 2 is 1.46 bits per heavy atom. The van der Waals surface area contributed by atoms with E-state index in [1.807, 2.05) is 0 Å². The molecule has 0 aromatic rings. The van der Waals surface area contributed by atoms with E-state index in [0.29, 0.717) is 6.42 Å². The molecule has 0 aromatic heterocycles. The molecule has 0 aliphatic carbocycles. The molecule has 3 amide bonds. The van der Waals surface area contributed by atoms with E-state index in [1.165, 1.54) is 33.5 Å². The van der Waals surface area contributed by atoms with E-state index >= 15 is 0 Å². The van der Waals surface area contributed by atoms with E-state index in [1.54, 1.807) is 13.8 Å². The first-order valence-electron chi connectivity index (χ1n) is 12.2. The minimum atomic E-state index is -0.920. The summed E-state index contributed by atoms with van der Waals surface area (Å²) in [7, 11) is 2.51. The number of carbonyl (C=O) groups excluding carboxylic acids is 5. The van der Waals surface area contributed by atoms with E-state index in [2.05, 4.69) is 27.6 Å². The minimum absolute atomic E-state index is 0.0313. The monoisotopic (exact) mass is 517 g/mol. The Labute approximate surface area is 213 Å². The van der Waals surface area contributed by atoms with Crippen molar-refractivity contribution in [3.05, 3.63) is 0 Å². The lowest BCUT2D eigenvalue weighted by molar-refractivity contribution is -0.146. The van der Waals surface area contributed by atoms with Crippen molar-refractivity contribution in [2.45, 2.75) is 84.2 Å². The molecule has 0 aliphatic heterocycles. The fraction of sp³-hybridized carbons (Fsp3) is 0.792. The van der Waals surface area contributed by atoms with Gasteiger partial charge in [0.05, 0.1) is 26.5 Å². The molecule has 3 N–H and O–H groups in total. The molecule has 0 spiro atoms. The van der Waals surface area contributed by atoms with Crippen LogP contribution < -0.4 is 16.0 Å². The van der Waals surface area contributed by atoms with E-state index in [4.69, 9.17) is 4.74 Å². The van der Waals surface area contributed by atoms with Crippen LogP contribution in [0.25, 0.3) is 0 Å². The van der Waals surface area contributed by atoms with Gasteiger partial charge in [-0.2, -0.15) is 0 Å². The smallest absolute Gasteiger partial charge is 0.328 e. The highest BCUT2D eigenvalue weighted by molar-refractivity contribution is 8.00. The van der Waals surface area contributed by atoms with Crippen LogP contribution in [-0.4, -0.2) is 74.0 Å². The van der Waals surface area contributed by atoms with E-state index < -0.39 is 35.8 Å². The Morgan fingerprint density at radius 3 is 2.03 bits per heavy atom. The van der Waals surface area contributed by atoms with Crippen LogP contribution in [-0.2, 0) is 33.4 Å². The lowest BCUT2D eigenvalue weighted by Crippen LogP contribution is -2.52. The maximum Gasteiger partial charge on any atom is 0.328 e. The Morgan fingerprint density at radius 1 is 0.829 bits per heavy atom. The molecule has 35 heavy (non-hydrogen) atoms. The second-order valence-electron chi connectivity index (χ2n) is 8.61. The SMILES string of the molecule is CCCCCCCCCC(=O)NC(CSCC(=O)OC)C(=O)NCC(=O)NC(C(=O)OC)C(C)C. The highest BCUT2D eigenvalue weighted by Gasteiger charge is 2.26. The van der Waals surface area contributed by atoms with Gasteiger partial charge in [-0.05, 0) is 12.3 Å². The third-order valence-corrected chi connectivity index (χ3v) is 6.26. The number of nitrogens with one attached hydrogen (secondary N) is 3. The van der Waals surface area contributed by atoms with Gasteiger partial charge in [-0.1, -0.05) is 59.3 Å². The summed E-state index contributed by atoms with van der Waals surface area (Å²) in [5.74, 6) is -2.41. The number of hydrogen-bond acceptors (Lipinski definition) is 8. The first kappa shape index (κ1) is 32.7. The first-order valence-corrected chi connectivity index (χ1v) is 13.4. The van der Waals surface area contributed by atoms with Gasteiger partial charge in [-0.25, -0.2) is 4.79 Å².